The minimum atomic E-state index is 0.538. The molecule has 106 valence electrons. The molecule has 0 radical (unpaired) electrons. The Morgan fingerprint density at radius 3 is 2.80 bits per heavy atom. The normalized spacial score (nSPS) is 16.3. The number of hydrogen-bond acceptors (Lipinski definition) is 2. The SMILES string of the molecule is Clc1cc(-n2ccnc2NC2CCCCC2)ccc1Br. The fourth-order valence-corrected chi connectivity index (χ4v) is 3.10. The van der Waals surface area contributed by atoms with Crippen LogP contribution in [0.3, 0.4) is 0 Å². The third kappa shape index (κ3) is 3.01. The number of hydrogen-bond donors (Lipinski definition) is 1. The van der Waals surface area contributed by atoms with Gasteiger partial charge < -0.3 is 5.32 Å². The summed E-state index contributed by atoms with van der Waals surface area (Å²) in [7, 11) is 0. The lowest BCUT2D eigenvalue weighted by molar-refractivity contribution is 0.460. The average Bonchev–Trinajstić information content (AvgIpc) is 2.91. The number of rotatable bonds is 3. The highest BCUT2D eigenvalue weighted by Crippen LogP contribution is 2.27. The molecule has 1 fully saturated rings. The summed E-state index contributed by atoms with van der Waals surface area (Å²) in [6.45, 7) is 0. The Morgan fingerprint density at radius 1 is 1.25 bits per heavy atom. The number of halogens is 2. The minimum Gasteiger partial charge on any atom is -0.353 e. The van der Waals surface area contributed by atoms with Crippen molar-refractivity contribution in [2.75, 3.05) is 5.32 Å². The summed E-state index contributed by atoms with van der Waals surface area (Å²) in [5.74, 6) is 0.898. The molecule has 1 heterocycles. The molecule has 2 aromatic rings. The summed E-state index contributed by atoms with van der Waals surface area (Å²) >= 11 is 9.59. The molecular weight excluding hydrogens is 338 g/mol. The summed E-state index contributed by atoms with van der Waals surface area (Å²) < 4.78 is 2.96. The lowest BCUT2D eigenvalue weighted by Crippen LogP contribution is -2.24. The average molecular weight is 355 g/mol. The molecule has 20 heavy (non-hydrogen) atoms. The van der Waals surface area contributed by atoms with E-state index in [1.165, 1.54) is 32.1 Å². The predicted molar refractivity (Wildman–Crippen MR) is 86.8 cm³/mol. The van der Waals surface area contributed by atoms with E-state index in [0.29, 0.717) is 11.1 Å². The van der Waals surface area contributed by atoms with Crippen molar-refractivity contribution < 1.29 is 0 Å². The smallest absolute Gasteiger partial charge is 0.207 e. The molecule has 0 bridgehead atoms. The van der Waals surface area contributed by atoms with E-state index in [4.69, 9.17) is 11.6 Å². The molecule has 3 nitrogen and oxygen atoms in total. The summed E-state index contributed by atoms with van der Waals surface area (Å²) in [5, 5.41) is 4.27. The molecule has 5 heteroatoms. The van der Waals surface area contributed by atoms with Crippen molar-refractivity contribution in [3.05, 3.63) is 40.1 Å². The predicted octanol–water partition coefficient (Wildman–Crippen LogP) is 5.03. The summed E-state index contributed by atoms with van der Waals surface area (Å²) in [6.07, 6.45) is 10.2. The molecule has 0 amide bonds. The standard InChI is InChI=1S/C15H17BrClN3/c16-13-7-6-12(10-14(13)17)20-9-8-18-15(20)19-11-4-2-1-3-5-11/h6-11H,1-5H2,(H,18,19). The summed E-state index contributed by atoms with van der Waals surface area (Å²) in [4.78, 5) is 4.44. The molecule has 1 N–H and O–H groups in total. The van der Waals surface area contributed by atoms with Crippen LogP contribution >= 0.6 is 27.5 Å². The zero-order valence-corrected chi connectivity index (χ0v) is 13.5. The van der Waals surface area contributed by atoms with Crippen LogP contribution in [0, 0.1) is 0 Å². The number of aromatic nitrogens is 2. The van der Waals surface area contributed by atoms with Crippen molar-refractivity contribution in [1.29, 1.82) is 0 Å². The van der Waals surface area contributed by atoms with Gasteiger partial charge in [0.05, 0.1) is 10.7 Å². The van der Waals surface area contributed by atoms with E-state index >= 15 is 0 Å². The van der Waals surface area contributed by atoms with Crippen molar-refractivity contribution in [1.82, 2.24) is 9.55 Å². The van der Waals surface area contributed by atoms with Crippen molar-refractivity contribution >= 4 is 33.5 Å². The highest BCUT2D eigenvalue weighted by atomic mass is 79.9. The topological polar surface area (TPSA) is 29.9 Å². The highest BCUT2D eigenvalue weighted by molar-refractivity contribution is 9.10. The number of benzene rings is 1. The molecule has 0 unspecified atom stereocenters. The van der Waals surface area contributed by atoms with E-state index in [9.17, 15) is 0 Å². The number of nitrogens with one attached hydrogen (secondary N) is 1. The van der Waals surface area contributed by atoms with E-state index in [2.05, 4.69) is 26.2 Å². The Bertz CT molecular complexity index is 591. The second-order valence-electron chi connectivity index (χ2n) is 5.20. The van der Waals surface area contributed by atoms with Crippen molar-refractivity contribution in [3.8, 4) is 5.69 Å². The quantitative estimate of drug-likeness (QED) is 0.837. The first kappa shape index (κ1) is 14.0. The van der Waals surface area contributed by atoms with Gasteiger partial charge in [-0.3, -0.25) is 4.57 Å². The Balaban J connectivity index is 1.83. The first-order valence-corrected chi connectivity index (χ1v) is 8.16. The lowest BCUT2D eigenvalue weighted by atomic mass is 9.96. The fourth-order valence-electron chi connectivity index (χ4n) is 2.68. The van der Waals surface area contributed by atoms with Crippen LogP contribution in [0.2, 0.25) is 5.02 Å². The van der Waals surface area contributed by atoms with Gasteiger partial charge in [0, 0.05) is 22.9 Å². The Labute approximate surface area is 132 Å². The zero-order valence-electron chi connectivity index (χ0n) is 11.1. The van der Waals surface area contributed by atoms with Gasteiger partial charge in [-0.2, -0.15) is 0 Å². The number of nitrogens with zero attached hydrogens (tertiary/aromatic N) is 2. The third-order valence-electron chi connectivity index (χ3n) is 3.76. The van der Waals surface area contributed by atoms with Gasteiger partial charge in [-0.15, -0.1) is 0 Å². The second kappa shape index (κ2) is 6.19. The Morgan fingerprint density at radius 2 is 2.05 bits per heavy atom. The van der Waals surface area contributed by atoms with Gasteiger partial charge in [-0.25, -0.2) is 4.98 Å². The lowest BCUT2D eigenvalue weighted by Gasteiger charge is -2.23. The van der Waals surface area contributed by atoms with Crippen molar-refractivity contribution in [3.63, 3.8) is 0 Å². The van der Waals surface area contributed by atoms with Gasteiger partial charge in [0.2, 0.25) is 5.95 Å². The van der Waals surface area contributed by atoms with Crippen LogP contribution in [0.5, 0.6) is 0 Å². The Hall–Kier alpha value is -1.00. The van der Waals surface area contributed by atoms with Crippen LogP contribution in [-0.4, -0.2) is 15.6 Å². The maximum Gasteiger partial charge on any atom is 0.207 e. The summed E-state index contributed by atoms with van der Waals surface area (Å²) in [6, 6.07) is 6.47. The molecule has 3 rings (SSSR count). The van der Waals surface area contributed by atoms with E-state index in [0.717, 1.165) is 16.1 Å². The molecule has 0 atom stereocenters. The largest absolute Gasteiger partial charge is 0.353 e. The second-order valence-corrected chi connectivity index (χ2v) is 6.46. The van der Waals surface area contributed by atoms with Crippen molar-refractivity contribution in [2.24, 2.45) is 0 Å². The summed E-state index contributed by atoms with van der Waals surface area (Å²) in [5.41, 5.74) is 1.02. The molecular formula is C15H17BrClN3. The molecule has 1 aliphatic rings. The van der Waals surface area contributed by atoms with Gasteiger partial charge in [0.15, 0.2) is 0 Å². The molecule has 0 spiro atoms. The highest BCUT2D eigenvalue weighted by Gasteiger charge is 2.15. The molecule has 0 saturated heterocycles. The van der Waals surface area contributed by atoms with Gasteiger partial charge >= 0.3 is 0 Å². The molecule has 1 aromatic carbocycles. The van der Waals surface area contributed by atoms with E-state index in [-0.39, 0.29) is 0 Å². The van der Waals surface area contributed by atoms with Crippen LogP contribution in [0.4, 0.5) is 5.95 Å². The first-order chi connectivity index (χ1) is 9.74. The molecule has 1 aromatic heterocycles. The molecule has 0 aliphatic heterocycles. The van der Waals surface area contributed by atoms with Crippen LogP contribution < -0.4 is 5.32 Å². The van der Waals surface area contributed by atoms with Gasteiger partial charge in [0.25, 0.3) is 0 Å². The minimum absolute atomic E-state index is 0.538. The fraction of sp³-hybridized carbons (Fsp3) is 0.400. The first-order valence-electron chi connectivity index (χ1n) is 6.99. The molecule has 1 saturated carbocycles. The van der Waals surface area contributed by atoms with Gasteiger partial charge in [0.1, 0.15) is 0 Å². The Kier molecular flexibility index (Phi) is 4.32. The monoisotopic (exact) mass is 353 g/mol. The van der Waals surface area contributed by atoms with Crippen LogP contribution in [-0.2, 0) is 0 Å². The molecule has 1 aliphatic carbocycles. The van der Waals surface area contributed by atoms with Crippen molar-refractivity contribution in [2.45, 2.75) is 38.1 Å². The maximum absolute atomic E-state index is 6.17. The van der Waals surface area contributed by atoms with E-state index in [1.54, 1.807) is 0 Å². The number of anilines is 1. The van der Waals surface area contributed by atoms with Gasteiger partial charge in [-0.1, -0.05) is 30.9 Å². The zero-order chi connectivity index (χ0) is 13.9. The van der Waals surface area contributed by atoms with Crippen LogP contribution in [0.1, 0.15) is 32.1 Å². The van der Waals surface area contributed by atoms with E-state index < -0.39 is 0 Å². The number of imidazole rings is 1. The van der Waals surface area contributed by atoms with Gasteiger partial charge in [-0.05, 0) is 47.0 Å². The van der Waals surface area contributed by atoms with E-state index in [1.807, 2.05) is 35.2 Å². The third-order valence-corrected chi connectivity index (χ3v) is 4.99. The van der Waals surface area contributed by atoms with Crippen LogP contribution in [0.15, 0.2) is 35.1 Å². The maximum atomic E-state index is 6.17. The van der Waals surface area contributed by atoms with Crippen LogP contribution in [0.25, 0.3) is 5.69 Å².